The summed E-state index contributed by atoms with van der Waals surface area (Å²) in [4.78, 5) is 0. The maximum Gasteiger partial charge on any atom is 0.220 e. The third-order valence-electron chi connectivity index (χ3n) is 9.61. The highest BCUT2D eigenvalue weighted by Gasteiger charge is 2.24. The number of nitrogens with two attached hydrogens (primary N) is 4. The molecule has 0 spiro atoms. The Labute approximate surface area is 287 Å². The average molecular weight is 651 g/mol. The van der Waals surface area contributed by atoms with Crippen LogP contribution in [0.5, 0.6) is 0 Å². The second-order valence-electron chi connectivity index (χ2n) is 13.0. The third-order valence-corrected chi connectivity index (χ3v) is 9.61. The molecule has 0 aliphatic heterocycles. The molecule has 0 aliphatic carbocycles. The molecule has 8 heteroatoms. The van der Waals surface area contributed by atoms with Crippen molar-refractivity contribution in [3.63, 3.8) is 0 Å². The number of fused-ring (bicyclic) bond motifs is 6. The van der Waals surface area contributed by atoms with E-state index in [1.54, 1.807) is 0 Å². The van der Waals surface area contributed by atoms with Crippen LogP contribution in [0.1, 0.15) is 18.5 Å². The van der Waals surface area contributed by atoms with Gasteiger partial charge >= 0.3 is 0 Å². The van der Waals surface area contributed by atoms with Crippen LogP contribution in [0.3, 0.4) is 0 Å². The molecule has 7 aromatic rings. The summed E-state index contributed by atoms with van der Waals surface area (Å²) in [6, 6.07) is 35.3. The molecule has 0 amide bonds. The molecular weight excluding hydrogens is 605 g/mol. The number of hydrogen-bond donors (Lipinski definition) is 6. The molecule has 0 bridgehead atoms. The molecule has 248 valence electrons. The van der Waals surface area contributed by atoms with Gasteiger partial charge in [0.15, 0.2) is 18.8 Å². The number of aryl methyl sites for hydroxylation is 3. The Kier molecular flexibility index (Phi) is 9.15. The number of nitrogen functional groups attached to an aromatic ring is 4. The number of hydrogen-bond acceptors (Lipinski definition) is 6. The Morgan fingerprint density at radius 1 is 0.469 bits per heavy atom. The summed E-state index contributed by atoms with van der Waals surface area (Å²) >= 11 is 0. The van der Waals surface area contributed by atoms with Crippen molar-refractivity contribution in [2.75, 3.05) is 49.1 Å². The molecule has 2 aromatic heterocycles. The summed E-state index contributed by atoms with van der Waals surface area (Å²) < 4.78 is 4.80. The van der Waals surface area contributed by atoms with E-state index in [1.807, 2.05) is 24.3 Å². The maximum atomic E-state index is 6.33. The van der Waals surface area contributed by atoms with E-state index in [1.165, 1.54) is 38.3 Å². The number of pyridine rings is 2. The highest BCUT2D eigenvalue weighted by molar-refractivity contribution is 6.10. The zero-order valence-electron chi connectivity index (χ0n) is 28.2. The van der Waals surface area contributed by atoms with E-state index in [0.717, 1.165) is 96.8 Å². The minimum absolute atomic E-state index is 0.759. The van der Waals surface area contributed by atoms with E-state index in [2.05, 4.69) is 106 Å². The summed E-state index contributed by atoms with van der Waals surface area (Å²) in [6.07, 6.45) is 1.98. The first-order valence-electron chi connectivity index (χ1n) is 17.2. The molecule has 5 aromatic carbocycles. The van der Waals surface area contributed by atoms with Gasteiger partial charge in [0.2, 0.25) is 16.7 Å². The van der Waals surface area contributed by atoms with Gasteiger partial charge in [-0.05, 0) is 60.7 Å². The summed E-state index contributed by atoms with van der Waals surface area (Å²) in [7, 11) is 0. The van der Waals surface area contributed by atoms with Crippen molar-refractivity contribution in [2.24, 2.45) is 0 Å². The minimum Gasteiger partial charge on any atom is -0.399 e. The monoisotopic (exact) mass is 650 g/mol. The number of benzene rings is 5. The van der Waals surface area contributed by atoms with Gasteiger partial charge in [-0.2, -0.15) is 9.13 Å². The first kappa shape index (κ1) is 32.1. The molecule has 0 radical (unpaired) electrons. The van der Waals surface area contributed by atoms with Gasteiger partial charge in [0.1, 0.15) is 0 Å². The zero-order valence-corrected chi connectivity index (χ0v) is 28.2. The predicted octanol–water partition coefficient (Wildman–Crippen LogP) is 5.84. The normalized spacial score (nSPS) is 11.7. The Morgan fingerprint density at radius 3 is 1.53 bits per heavy atom. The van der Waals surface area contributed by atoms with Gasteiger partial charge in [0.05, 0.1) is 21.5 Å². The lowest BCUT2D eigenvalue weighted by molar-refractivity contribution is -0.676. The van der Waals surface area contributed by atoms with Crippen LogP contribution in [-0.4, -0.2) is 26.2 Å². The molecule has 49 heavy (non-hydrogen) atoms. The Hall–Kier alpha value is -5.44. The largest absolute Gasteiger partial charge is 0.399 e. The highest BCUT2D eigenvalue weighted by atomic mass is 15.0. The molecule has 7 rings (SSSR count). The number of anilines is 4. The van der Waals surface area contributed by atoms with E-state index in [4.69, 9.17) is 22.9 Å². The van der Waals surface area contributed by atoms with E-state index >= 15 is 0 Å². The number of nitrogens with one attached hydrogen (secondary N) is 2. The molecule has 0 atom stereocenters. The molecule has 8 nitrogen and oxygen atoms in total. The van der Waals surface area contributed by atoms with E-state index < -0.39 is 0 Å². The first-order chi connectivity index (χ1) is 23.9. The fraction of sp³-hybridized carbons (Fsp3) is 0.220. The minimum atomic E-state index is 0.759. The maximum absolute atomic E-state index is 6.33. The van der Waals surface area contributed by atoms with Gasteiger partial charge in [-0.15, -0.1) is 0 Å². The Balaban J connectivity index is 0.976. The third kappa shape index (κ3) is 6.53. The zero-order chi connectivity index (χ0) is 33.9. The van der Waals surface area contributed by atoms with Crippen LogP contribution in [0, 0.1) is 6.92 Å². The van der Waals surface area contributed by atoms with Crippen LogP contribution < -0.4 is 42.7 Å². The van der Waals surface area contributed by atoms with Gasteiger partial charge in [-0.25, -0.2) is 0 Å². The molecule has 2 heterocycles. The van der Waals surface area contributed by atoms with Gasteiger partial charge in [-0.3, -0.25) is 0 Å². The molecule has 0 unspecified atom stereocenters. The second kappa shape index (κ2) is 14.0. The fourth-order valence-electron chi connectivity index (χ4n) is 7.26. The van der Waals surface area contributed by atoms with Gasteiger partial charge in [-0.1, -0.05) is 30.3 Å². The summed E-state index contributed by atoms with van der Waals surface area (Å²) in [6.45, 7) is 7.56. The fourth-order valence-corrected chi connectivity index (χ4v) is 7.26. The van der Waals surface area contributed by atoms with Gasteiger partial charge in [0, 0.05) is 97.2 Å². The molecular formula is C41H46N8+2. The summed E-state index contributed by atoms with van der Waals surface area (Å²) in [5.74, 6) is 0. The lowest BCUT2D eigenvalue weighted by atomic mass is 9.98. The van der Waals surface area contributed by atoms with Crippen LogP contribution in [0.4, 0.5) is 22.7 Å². The summed E-state index contributed by atoms with van der Waals surface area (Å²) in [5, 5.41) is 14.4. The quantitative estimate of drug-likeness (QED) is 0.0426. The van der Waals surface area contributed by atoms with Crippen LogP contribution >= 0.6 is 0 Å². The van der Waals surface area contributed by atoms with E-state index in [-0.39, 0.29) is 0 Å². The van der Waals surface area contributed by atoms with Crippen molar-refractivity contribution in [1.29, 1.82) is 0 Å². The lowest BCUT2D eigenvalue weighted by Crippen LogP contribution is -2.40. The smallest absolute Gasteiger partial charge is 0.220 e. The standard InChI is InChI=1S/C41H44N8/c1-27-37-23-29(42)9-13-33(37)35-15-11-31(44)25-39(35)48(27)21-5-17-46-19-20-47-18-6-22-49-40-26-32(45)12-16-36(40)34-14-10-30(43)24-38(34)41(49)28-7-3-2-4-8-28/h2-4,7-16,23-26,44-47H,5-6,17-22,42-43H2,1H3/p+2. The number of nitrogens with zero attached hydrogens (tertiary/aromatic N) is 2. The van der Waals surface area contributed by atoms with E-state index in [0.29, 0.717) is 0 Å². The molecule has 0 aliphatic rings. The average Bonchev–Trinajstić information content (AvgIpc) is 3.10. The van der Waals surface area contributed by atoms with Crippen LogP contribution in [-0.2, 0) is 13.1 Å². The van der Waals surface area contributed by atoms with Crippen molar-refractivity contribution >= 4 is 66.1 Å². The Morgan fingerprint density at radius 2 is 0.939 bits per heavy atom. The van der Waals surface area contributed by atoms with Crippen LogP contribution in [0.15, 0.2) is 103 Å². The molecule has 10 N–H and O–H groups in total. The van der Waals surface area contributed by atoms with Gasteiger partial charge in [0.25, 0.3) is 0 Å². The molecule has 0 saturated heterocycles. The van der Waals surface area contributed by atoms with E-state index in [9.17, 15) is 0 Å². The second-order valence-corrected chi connectivity index (χ2v) is 13.0. The van der Waals surface area contributed by atoms with Crippen molar-refractivity contribution in [1.82, 2.24) is 10.6 Å². The van der Waals surface area contributed by atoms with Crippen molar-refractivity contribution < 1.29 is 9.13 Å². The van der Waals surface area contributed by atoms with Crippen molar-refractivity contribution in [3.8, 4) is 11.3 Å². The van der Waals surface area contributed by atoms with Gasteiger partial charge < -0.3 is 33.6 Å². The number of rotatable bonds is 12. The van der Waals surface area contributed by atoms with Crippen LogP contribution in [0.25, 0.3) is 54.6 Å². The predicted molar refractivity (Wildman–Crippen MR) is 206 cm³/mol. The number of aromatic nitrogens is 2. The lowest BCUT2D eigenvalue weighted by Gasteiger charge is -2.13. The topological polar surface area (TPSA) is 136 Å². The SMILES string of the molecule is Cc1c2cc(N)ccc2c2ccc(N)cc2[n+]1CCCNCCNCCC[n+]1c(-c2ccccc2)c2cc(N)ccc2c2ccc(N)cc21. The highest BCUT2D eigenvalue weighted by Crippen LogP contribution is 2.33. The van der Waals surface area contributed by atoms with Crippen molar-refractivity contribution in [3.05, 3.63) is 109 Å². The first-order valence-corrected chi connectivity index (χ1v) is 17.2. The molecule has 0 saturated carbocycles. The van der Waals surface area contributed by atoms with Crippen molar-refractivity contribution in [2.45, 2.75) is 32.9 Å². The van der Waals surface area contributed by atoms with Crippen LogP contribution in [0.2, 0.25) is 0 Å². The molecule has 0 fully saturated rings. The Bertz CT molecular complexity index is 2300. The summed E-state index contributed by atoms with van der Waals surface area (Å²) in [5.41, 5.74) is 33.9.